The van der Waals surface area contributed by atoms with E-state index < -0.39 is 28.5 Å². The third-order valence-corrected chi connectivity index (χ3v) is 8.59. The molecule has 0 unspecified atom stereocenters. The molecule has 9 heteroatoms. The van der Waals surface area contributed by atoms with Crippen molar-refractivity contribution in [3.8, 4) is 0 Å². The zero-order valence-electron chi connectivity index (χ0n) is 22.8. The minimum atomic E-state index is -4.09. The van der Waals surface area contributed by atoms with Crippen LogP contribution in [-0.4, -0.2) is 43.8 Å². The van der Waals surface area contributed by atoms with Gasteiger partial charge in [-0.2, -0.15) is 0 Å². The van der Waals surface area contributed by atoms with E-state index in [1.54, 1.807) is 60.7 Å². The first-order valence-electron chi connectivity index (χ1n) is 13.1. The highest BCUT2D eigenvalue weighted by Crippen LogP contribution is 2.25. The molecule has 0 aliphatic rings. The standard InChI is InChI=1S/C30H36ClN3O4S/c1-5-23(4)32-30(36)28(6-2)33(20-24-15-17-25(31)18-16-24)29(35)21-34(26-12-10-11-22(3)19-26)39(37,38)27-13-8-7-9-14-27/h7-19,23,28H,5-6,20-21H2,1-4H3,(H,32,36)/t23-,28-/m0/s1. The van der Waals surface area contributed by atoms with Crippen molar-refractivity contribution in [2.45, 2.75) is 64.1 Å². The SMILES string of the molecule is CC[C@H](C)NC(=O)[C@H](CC)N(Cc1ccc(Cl)cc1)C(=O)CN(c1cccc(C)c1)S(=O)(=O)c1ccccc1. The van der Waals surface area contributed by atoms with Gasteiger partial charge in [0.15, 0.2) is 0 Å². The zero-order valence-corrected chi connectivity index (χ0v) is 24.4. The van der Waals surface area contributed by atoms with E-state index in [4.69, 9.17) is 11.6 Å². The van der Waals surface area contributed by atoms with E-state index in [0.29, 0.717) is 17.1 Å². The second kappa shape index (κ2) is 13.6. The highest BCUT2D eigenvalue weighted by molar-refractivity contribution is 7.92. The van der Waals surface area contributed by atoms with Gasteiger partial charge < -0.3 is 10.2 Å². The molecule has 0 aromatic heterocycles. The molecule has 0 fully saturated rings. The number of anilines is 1. The maximum atomic E-state index is 14.0. The maximum Gasteiger partial charge on any atom is 0.264 e. The summed E-state index contributed by atoms with van der Waals surface area (Å²) < 4.78 is 28.8. The fourth-order valence-corrected chi connectivity index (χ4v) is 5.73. The van der Waals surface area contributed by atoms with Crippen molar-refractivity contribution >= 4 is 39.1 Å². The molecule has 0 radical (unpaired) electrons. The summed E-state index contributed by atoms with van der Waals surface area (Å²) >= 11 is 6.06. The molecule has 0 saturated heterocycles. The summed E-state index contributed by atoms with van der Waals surface area (Å²) in [4.78, 5) is 28.9. The molecule has 0 heterocycles. The zero-order chi connectivity index (χ0) is 28.6. The number of aryl methyl sites for hydroxylation is 1. The molecule has 3 rings (SSSR count). The second-order valence-electron chi connectivity index (χ2n) is 9.55. The molecular formula is C30H36ClN3O4S. The average molecular weight is 570 g/mol. The van der Waals surface area contributed by atoms with Crippen LogP contribution in [0.25, 0.3) is 0 Å². The Morgan fingerprint density at radius 3 is 2.18 bits per heavy atom. The molecule has 0 aliphatic heterocycles. The van der Waals surface area contributed by atoms with Gasteiger partial charge in [0.25, 0.3) is 10.0 Å². The number of nitrogens with one attached hydrogen (secondary N) is 1. The number of hydrogen-bond acceptors (Lipinski definition) is 4. The lowest BCUT2D eigenvalue weighted by Crippen LogP contribution is -2.53. The summed E-state index contributed by atoms with van der Waals surface area (Å²) in [6.45, 7) is 7.22. The van der Waals surface area contributed by atoms with Crippen LogP contribution in [0, 0.1) is 6.92 Å². The van der Waals surface area contributed by atoms with Crippen molar-refractivity contribution in [1.82, 2.24) is 10.2 Å². The smallest absolute Gasteiger partial charge is 0.264 e. The van der Waals surface area contributed by atoms with Crippen LogP contribution in [0.3, 0.4) is 0 Å². The van der Waals surface area contributed by atoms with Crippen LogP contribution in [0.4, 0.5) is 5.69 Å². The molecule has 2 atom stereocenters. The fraction of sp³-hybridized carbons (Fsp3) is 0.333. The largest absolute Gasteiger partial charge is 0.352 e. The highest BCUT2D eigenvalue weighted by atomic mass is 35.5. The summed E-state index contributed by atoms with van der Waals surface area (Å²) in [5.41, 5.74) is 2.00. The minimum Gasteiger partial charge on any atom is -0.352 e. The number of halogens is 1. The lowest BCUT2D eigenvalue weighted by atomic mass is 10.1. The van der Waals surface area contributed by atoms with E-state index in [1.807, 2.05) is 33.8 Å². The van der Waals surface area contributed by atoms with Crippen LogP contribution < -0.4 is 9.62 Å². The molecule has 1 N–H and O–H groups in total. The van der Waals surface area contributed by atoms with Crippen LogP contribution in [0.5, 0.6) is 0 Å². The molecule has 2 amide bonds. The molecule has 208 valence electrons. The topological polar surface area (TPSA) is 86.8 Å². The van der Waals surface area contributed by atoms with Crippen LogP contribution in [0.1, 0.15) is 44.7 Å². The van der Waals surface area contributed by atoms with Gasteiger partial charge in [-0.1, -0.05) is 67.9 Å². The van der Waals surface area contributed by atoms with Gasteiger partial charge in [0.1, 0.15) is 12.6 Å². The van der Waals surface area contributed by atoms with Crippen LogP contribution >= 0.6 is 11.6 Å². The number of carbonyl (C=O) groups excluding carboxylic acids is 2. The first-order valence-corrected chi connectivity index (χ1v) is 14.9. The first kappa shape index (κ1) is 30.2. The van der Waals surface area contributed by atoms with Gasteiger partial charge in [0.2, 0.25) is 11.8 Å². The monoisotopic (exact) mass is 569 g/mol. The summed E-state index contributed by atoms with van der Waals surface area (Å²) in [5.74, 6) is -0.765. The molecule has 39 heavy (non-hydrogen) atoms. The molecule has 3 aromatic carbocycles. The van der Waals surface area contributed by atoms with Gasteiger partial charge in [-0.05, 0) is 74.2 Å². The molecule has 0 saturated carbocycles. The summed E-state index contributed by atoms with van der Waals surface area (Å²) in [6.07, 6.45) is 1.10. The summed E-state index contributed by atoms with van der Waals surface area (Å²) in [7, 11) is -4.09. The quantitative estimate of drug-likeness (QED) is 0.309. The number of hydrogen-bond donors (Lipinski definition) is 1. The number of sulfonamides is 1. The van der Waals surface area contributed by atoms with Gasteiger partial charge in [-0.3, -0.25) is 13.9 Å². The summed E-state index contributed by atoms with van der Waals surface area (Å²) in [5, 5.41) is 3.53. The van der Waals surface area contributed by atoms with E-state index >= 15 is 0 Å². The first-order chi connectivity index (χ1) is 18.6. The Morgan fingerprint density at radius 1 is 0.923 bits per heavy atom. The number of amides is 2. The normalized spacial score (nSPS) is 12.8. The molecule has 0 bridgehead atoms. The molecule has 3 aromatic rings. The Labute approximate surface area is 236 Å². The number of rotatable bonds is 12. The maximum absolute atomic E-state index is 14.0. The average Bonchev–Trinajstić information content (AvgIpc) is 2.92. The van der Waals surface area contributed by atoms with E-state index in [9.17, 15) is 18.0 Å². The van der Waals surface area contributed by atoms with Gasteiger partial charge in [0.05, 0.1) is 10.6 Å². The van der Waals surface area contributed by atoms with Crippen molar-refractivity contribution in [2.24, 2.45) is 0 Å². The Kier molecular flexibility index (Phi) is 10.5. The number of nitrogens with zero attached hydrogens (tertiary/aromatic N) is 2. The van der Waals surface area contributed by atoms with Crippen molar-refractivity contribution < 1.29 is 18.0 Å². The van der Waals surface area contributed by atoms with E-state index in [1.165, 1.54) is 17.0 Å². The third-order valence-electron chi connectivity index (χ3n) is 6.55. The number of carbonyl (C=O) groups is 2. The summed E-state index contributed by atoms with van der Waals surface area (Å²) in [6, 6.07) is 21.2. The van der Waals surface area contributed by atoms with E-state index in [2.05, 4.69) is 5.32 Å². The molecule has 0 spiro atoms. The number of benzene rings is 3. The lowest BCUT2D eigenvalue weighted by Gasteiger charge is -2.33. The van der Waals surface area contributed by atoms with Crippen molar-refractivity contribution in [3.05, 3.63) is 95.0 Å². The van der Waals surface area contributed by atoms with Crippen LogP contribution in [-0.2, 0) is 26.2 Å². The van der Waals surface area contributed by atoms with Crippen molar-refractivity contribution in [2.75, 3.05) is 10.8 Å². The molecule has 0 aliphatic carbocycles. The Morgan fingerprint density at radius 2 is 1.59 bits per heavy atom. The molecular weight excluding hydrogens is 534 g/mol. The predicted octanol–water partition coefficient (Wildman–Crippen LogP) is 5.57. The van der Waals surface area contributed by atoms with E-state index in [-0.39, 0.29) is 23.4 Å². The van der Waals surface area contributed by atoms with Crippen molar-refractivity contribution in [3.63, 3.8) is 0 Å². The van der Waals surface area contributed by atoms with Gasteiger partial charge in [0, 0.05) is 17.6 Å². The van der Waals surface area contributed by atoms with Crippen molar-refractivity contribution in [1.29, 1.82) is 0 Å². The van der Waals surface area contributed by atoms with Gasteiger partial charge in [-0.15, -0.1) is 0 Å². The van der Waals surface area contributed by atoms with Crippen LogP contribution in [0.2, 0.25) is 5.02 Å². The predicted molar refractivity (Wildman–Crippen MR) is 156 cm³/mol. The van der Waals surface area contributed by atoms with E-state index in [0.717, 1.165) is 21.9 Å². The second-order valence-corrected chi connectivity index (χ2v) is 11.9. The Hall–Kier alpha value is -3.36. The Bertz CT molecular complexity index is 1360. The van der Waals surface area contributed by atoms with Gasteiger partial charge >= 0.3 is 0 Å². The molecule has 7 nitrogen and oxygen atoms in total. The van der Waals surface area contributed by atoms with Crippen LogP contribution in [0.15, 0.2) is 83.8 Å². The third kappa shape index (κ3) is 7.83. The lowest BCUT2D eigenvalue weighted by molar-refractivity contribution is -0.140. The minimum absolute atomic E-state index is 0.0683. The Balaban J connectivity index is 2.04. The fourth-order valence-electron chi connectivity index (χ4n) is 4.18. The highest BCUT2D eigenvalue weighted by Gasteiger charge is 2.34. The van der Waals surface area contributed by atoms with Gasteiger partial charge in [-0.25, -0.2) is 8.42 Å².